The predicted octanol–water partition coefficient (Wildman–Crippen LogP) is 1.51. The van der Waals surface area contributed by atoms with Gasteiger partial charge in [0.05, 0.1) is 18.2 Å². The van der Waals surface area contributed by atoms with Gasteiger partial charge in [-0.1, -0.05) is 30.3 Å². The Morgan fingerprint density at radius 1 is 1.21 bits per heavy atom. The summed E-state index contributed by atoms with van der Waals surface area (Å²) >= 11 is 0. The van der Waals surface area contributed by atoms with E-state index in [2.05, 4.69) is 0 Å². The van der Waals surface area contributed by atoms with Crippen LogP contribution in [0.5, 0.6) is 0 Å². The Kier molecular flexibility index (Phi) is 3.98. The number of rotatable bonds is 2. The summed E-state index contributed by atoms with van der Waals surface area (Å²) in [4.78, 5) is 14.2. The summed E-state index contributed by atoms with van der Waals surface area (Å²) in [5.74, 6) is 0. The van der Waals surface area contributed by atoms with Gasteiger partial charge in [-0.05, 0) is 24.8 Å². The Labute approximate surface area is 141 Å². The van der Waals surface area contributed by atoms with E-state index in [1.54, 1.807) is 4.90 Å². The molecular formula is C16H20N2O5S. The fourth-order valence-electron chi connectivity index (χ4n) is 3.96. The van der Waals surface area contributed by atoms with Crippen molar-refractivity contribution in [3.8, 4) is 0 Å². The number of hydrogen-bond donors (Lipinski definition) is 0. The van der Waals surface area contributed by atoms with Crippen molar-refractivity contribution in [1.29, 1.82) is 0 Å². The molecule has 3 atom stereocenters. The highest BCUT2D eigenvalue weighted by atomic mass is 32.2. The molecule has 3 fully saturated rings. The summed E-state index contributed by atoms with van der Waals surface area (Å²) < 4.78 is 36.3. The maximum atomic E-state index is 12.5. The van der Waals surface area contributed by atoms with Crippen molar-refractivity contribution < 1.29 is 22.1 Å². The molecule has 2 heterocycles. The fraction of sp³-hybridized carbons (Fsp3) is 0.562. The maximum Gasteiger partial charge on any atom is 0.410 e. The normalized spacial score (nSPS) is 31.5. The second-order valence-corrected chi connectivity index (χ2v) is 7.94. The van der Waals surface area contributed by atoms with Crippen LogP contribution in [0.4, 0.5) is 4.79 Å². The Morgan fingerprint density at radius 3 is 2.79 bits per heavy atom. The number of ether oxygens (including phenoxy) is 1. The molecule has 0 bridgehead atoms. The maximum absolute atomic E-state index is 12.5. The van der Waals surface area contributed by atoms with Crippen molar-refractivity contribution in [1.82, 2.24) is 9.21 Å². The first-order valence-electron chi connectivity index (χ1n) is 8.24. The first kappa shape index (κ1) is 15.9. The van der Waals surface area contributed by atoms with E-state index in [0.29, 0.717) is 13.0 Å². The lowest BCUT2D eigenvalue weighted by molar-refractivity contribution is 0.00548. The molecule has 130 valence electrons. The molecule has 3 unspecified atom stereocenters. The number of nitrogens with zero attached hydrogens (tertiary/aromatic N) is 2. The van der Waals surface area contributed by atoms with E-state index in [9.17, 15) is 13.2 Å². The van der Waals surface area contributed by atoms with Crippen LogP contribution in [0.25, 0.3) is 0 Å². The zero-order chi connectivity index (χ0) is 16.7. The van der Waals surface area contributed by atoms with Gasteiger partial charge in [0.25, 0.3) is 0 Å². The van der Waals surface area contributed by atoms with E-state index in [0.717, 1.165) is 18.4 Å². The van der Waals surface area contributed by atoms with E-state index in [1.807, 2.05) is 30.3 Å². The Balaban J connectivity index is 1.48. The van der Waals surface area contributed by atoms with Gasteiger partial charge in [0.1, 0.15) is 6.61 Å². The number of piperazine rings is 1. The summed E-state index contributed by atoms with van der Waals surface area (Å²) in [5.41, 5.74) is 0.929. The molecular weight excluding hydrogens is 332 g/mol. The molecule has 0 spiro atoms. The second kappa shape index (κ2) is 6.02. The van der Waals surface area contributed by atoms with Crippen LogP contribution >= 0.6 is 0 Å². The van der Waals surface area contributed by atoms with Crippen LogP contribution < -0.4 is 0 Å². The fourth-order valence-corrected chi connectivity index (χ4v) is 5.48. The quantitative estimate of drug-likeness (QED) is 0.806. The summed E-state index contributed by atoms with van der Waals surface area (Å²) in [5, 5.41) is 0. The molecule has 1 aromatic carbocycles. The third-order valence-electron chi connectivity index (χ3n) is 5.03. The lowest BCUT2D eigenvalue weighted by Crippen LogP contribution is -2.63. The molecule has 2 saturated heterocycles. The monoisotopic (exact) mass is 352 g/mol. The number of amides is 1. The zero-order valence-corrected chi connectivity index (χ0v) is 14.0. The third-order valence-corrected chi connectivity index (χ3v) is 6.52. The van der Waals surface area contributed by atoms with Gasteiger partial charge in [0.2, 0.25) is 0 Å². The van der Waals surface area contributed by atoms with Gasteiger partial charge in [0, 0.05) is 13.1 Å². The van der Waals surface area contributed by atoms with Crippen molar-refractivity contribution in [2.45, 2.75) is 44.1 Å². The molecule has 0 radical (unpaired) electrons. The predicted molar refractivity (Wildman–Crippen MR) is 85.3 cm³/mol. The zero-order valence-electron chi connectivity index (χ0n) is 13.2. The Morgan fingerprint density at radius 2 is 2.00 bits per heavy atom. The van der Waals surface area contributed by atoms with Crippen LogP contribution in [0.1, 0.15) is 24.8 Å². The van der Waals surface area contributed by atoms with E-state index in [1.165, 1.54) is 4.31 Å². The van der Waals surface area contributed by atoms with Gasteiger partial charge >= 0.3 is 16.4 Å². The minimum atomic E-state index is -3.65. The molecule has 1 aliphatic carbocycles. The van der Waals surface area contributed by atoms with E-state index in [4.69, 9.17) is 8.92 Å². The van der Waals surface area contributed by atoms with Crippen molar-refractivity contribution in [2.24, 2.45) is 0 Å². The van der Waals surface area contributed by atoms with Crippen molar-refractivity contribution >= 4 is 16.4 Å². The number of benzene rings is 1. The average Bonchev–Trinajstić information content (AvgIpc) is 2.86. The third kappa shape index (κ3) is 2.68. The molecule has 0 aromatic heterocycles. The van der Waals surface area contributed by atoms with Crippen molar-refractivity contribution in [3.63, 3.8) is 0 Å². The molecule has 1 saturated carbocycles. The minimum absolute atomic E-state index is 0.168. The standard InChI is InChI=1S/C16H20N2O5S/c19-16(22-11-12-5-2-1-3-6-12)17-9-10-18-15-13(17)7-4-8-14(15)23-24(18,20)21/h1-3,5-6,13-15H,4,7-11H2. The molecule has 3 aliphatic rings. The van der Waals surface area contributed by atoms with E-state index < -0.39 is 10.3 Å². The van der Waals surface area contributed by atoms with Crippen LogP contribution in [0.2, 0.25) is 0 Å². The number of hydrogen-bond acceptors (Lipinski definition) is 5. The van der Waals surface area contributed by atoms with Gasteiger partial charge in [-0.3, -0.25) is 4.18 Å². The SMILES string of the molecule is O=C(OCc1ccccc1)N1CCN2C3C(CCCC31)OS2(=O)=O. The number of carbonyl (C=O) groups excluding carboxylic acids is 1. The van der Waals surface area contributed by atoms with Crippen LogP contribution in [-0.4, -0.2) is 55.0 Å². The van der Waals surface area contributed by atoms with Gasteiger partial charge < -0.3 is 9.64 Å². The Hall–Kier alpha value is -1.64. The van der Waals surface area contributed by atoms with Crippen molar-refractivity contribution in [2.75, 3.05) is 13.1 Å². The van der Waals surface area contributed by atoms with E-state index >= 15 is 0 Å². The molecule has 2 aliphatic heterocycles. The van der Waals surface area contributed by atoms with Gasteiger partial charge in [0.15, 0.2) is 0 Å². The highest BCUT2D eigenvalue weighted by Gasteiger charge is 2.55. The first-order valence-corrected chi connectivity index (χ1v) is 9.60. The van der Waals surface area contributed by atoms with Gasteiger partial charge in [-0.15, -0.1) is 0 Å². The van der Waals surface area contributed by atoms with Gasteiger partial charge in [-0.2, -0.15) is 12.7 Å². The molecule has 4 rings (SSSR count). The second-order valence-electron chi connectivity index (χ2n) is 6.43. The highest BCUT2D eigenvalue weighted by Crippen LogP contribution is 2.39. The highest BCUT2D eigenvalue weighted by molar-refractivity contribution is 7.84. The summed E-state index contributed by atoms with van der Waals surface area (Å²) in [6.07, 6.45) is 1.60. The minimum Gasteiger partial charge on any atom is -0.445 e. The van der Waals surface area contributed by atoms with Gasteiger partial charge in [-0.25, -0.2) is 4.79 Å². The van der Waals surface area contributed by atoms with Crippen LogP contribution in [0.15, 0.2) is 30.3 Å². The van der Waals surface area contributed by atoms with Crippen LogP contribution in [-0.2, 0) is 25.8 Å². The summed E-state index contributed by atoms with van der Waals surface area (Å²) in [6.45, 7) is 0.819. The molecule has 24 heavy (non-hydrogen) atoms. The summed E-state index contributed by atoms with van der Waals surface area (Å²) in [6, 6.07) is 9.06. The Bertz CT molecular complexity index is 723. The number of carbonyl (C=O) groups is 1. The van der Waals surface area contributed by atoms with Crippen LogP contribution in [0.3, 0.4) is 0 Å². The topological polar surface area (TPSA) is 76.2 Å². The average molecular weight is 352 g/mol. The smallest absolute Gasteiger partial charge is 0.410 e. The lowest BCUT2D eigenvalue weighted by Gasteiger charge is -2.45. The van der Waals surface area contributed by atoms with Crippen LogP contribution in [0, 0.1) is 0 Å². The molecule has 8 heteroatoms. The first-order chi connectivity index (χ1) is 11.6. The van der Waals surface area contributed by atoms with E-state index in [-0.39, 0.29) is 37.4 Å². The molecule has 7 nitrogen and oxygen atoms in total. The molecule has 0 N–H and O–H groups in total. The largest absolute Gasteiger partial charge is 0.445 e. The lowest BCUT2D eigenvalue weighted by atomic mass is 9.85. The molecule has 1 aromatic rings. The van der Waals surface area contributed by atoms with Crippen molar-refractivity contribution in [3.05, 3.63) is 35.9 Å². The summed E-state index contributed by atoms with van der Waals surface area (Å²) in [7, 11) is -3.65. The molecule has 1 amide bonds.